The van der Waals surface area contributed by atoms with Crippen LogP contribution in [0.5, 0.6) is 23.0 Å². The standard InChI is InChI=1S/C32H25Br2N3O6/c1-18-9-11-19(12-10-18)30-36-25-8-6-5-7-23(25)31(38)37(30)35-17-21-13-22(33)16-24(34)28(21)43-32(39)20-14-26(40-2)29(42-4)27(15-20)41-3/h5-17H,1-4H3. The van der Waals surface area contributed by atoms with Gasteiger partial charge in [-0.15, -0.1) is 0 Å². The molecule has 0 spiro atoms. The second kappa shape index (κ2) is 12.8. The van der Waals surface area contributed by atoms with E-state index in [0.717, 1.165) is 11.1 Å². The summed E-state index contributed by atoms with van der Waals surface area (Å²) in [4.78, 5) is 31.8. The molecule has 218 valence electrons. The van der Waals surface area contributed by atoms with Crippen molar-refractivity contribution in [2.45, 2.75) is 6.92 Å². The lowest BCUT2D eigenvalue weighted by atomic mass is 10.1. The summed E-state index contributed by atoms with van der Waals surface area (Å²) in [7, 11) is 4.39. The monoisotopic (exact) mass is 705 g/mol. The van der Waals surface area contributed by atoms with E-state index in [1.807, 2.05) is 37.3 Å². The lowest BCUT2D eigenvalue weighted by molar-refractivity contribution is 0.0732. The maximum Gasteiger partial charge on any atom is 0.343 e. The summed E-state index contributed by atoms with van der Waals surface area (Å²) >= 11 is 6.97. The van der Waals surface area contributed by atoms with Gasteiger partial charge < -0.3 is 18.9 Å². The van der Waals surface area contributed by atoms with Crippen LogP contribution in [0.15, 0.2) is 91.6 Å². The summed E-state index contributed by atoms with van der Waals surface area (Å²) in [5.41, 5.74) is 2.58. The normalized spacial score (nSPS) is 11.1. The fourth-order valence-electron chi connectivity index (χ4n) is 4.37. The first-order chi connectivity index (χ1) is 20.7. The molecule has 0 radical (unpaired) electrons. The fraction of sp³-hybridized carbons (Fsp3) is 0.125. The minimum atomic E-state index is -0.679. The number of carbonyl (C=O) groups is 1. The predicted octanol–water partition coefficient (Wildman–Crippen LogP) is 7.02. The van der Waals surface area contributed by atoms with Crippen LogP contribution < -0.4 is 24.5 Å². The van der Waals surface area contributed by atoms with Crippen LogP contribution in [0.1, 0.15) is 21.5 Å². The van der Waals surface area contributed by atoms with Crippen molar-refractivity contribution in [1.82, 2.24) is 9.66 Å². The van der Waals surface area contributed by atoms with E-state index in [-0.39, 0.29) is 16.9 Å². The third-order valence-electron chi connectivity index (χ3n) is 6.51. The van der Waals surface area contributed by atoms with Crippen molar-refractivity contribution >= 4 is 54.9 Å². The smallest absolute Gasteiger partial charge is 0.343 e. The molecule has 1 heterocycles. The van der Waals surface area contributed by atoms with Gasteiger partial charge in [0.2, 0.25) is 5.75 Å². The fourth-order valence-corrected chi connectivity index (χ4v) is 5.71. The summed E-state index contributed by atoms with van der Waals surface area (Å²) in [6.07, 6.45) is 1.45. The Kier molecular flexibility index (Phi) is 8.93. The molecule has 1 aromatic heterocycles. The molecular formula is C32H25Br2N3O6. The lowest BCUT2D eigenvalue weighted by Crippen LogP contribution is -2.20. The molecule has 0 atom stereocenters. The second-order valence-corrected chi connectivity index (χ2v) is 11.1. The molecule has 11 heteroatoms. The first-order valence-electron chi connectivity index (χ1n) is 12.9. The summed E-state index contributed by atoms with van der Waals surface area (Å²) < 4.78 is 24.4. The molecule has 9 nitrogen and oxygen atoms in total. The lowest BCUT2D eigenvalue weighted by Gasteiger charge is -2.15. The highest BCUT2D eigenvalue weighted by Crippen LogP contribution is 2.39. The molecule has 0 bridgehead atoms. The Bertz CT molecular complexity index is 1910. The number of aromatic nitrogens is 2. The van der Waals surface area contributed by atoms with Crippen molar-refractivity contribution < 1.29 is 23.7 Å². The number of methoxy groups -OCH3 is 3. The summed E-state index contributed by atoms with van der Waals surface area (Å²) in [6.45, 7) is 1.98. The van der Waals surface area contributed by atoms with Gasteiger partial charge in [0.1, 0.15) is 0 Å². The van der Waals surface area contributed by atoms with Crippen molar-refractivity contribution in [3.63, 3.8) is 0 Å². The van der Waals surface area contributed by atoms with Gasteiger partial charge in [-0.1, -0.05) is 57.9 Å². The van der Waals surface area contributed by atoms with E-state index in [1.54, 1.807) is 30.3 Å². The summed E-state index contributed by atoms with van der Waals surface area (Å²) in [5.74, 6) is 0.823. The Morgan fingerprint density at radius 1 is 0.884 bits per heavy atom. The summed E-state index contributed by atoms with van der Waals surface area (Å²) in [5, 5.41) is 4.97. The number of para-hydroxylation sites is 1. The number of carbonyl (C=O) groups excluding carboxylic acids is 1. The maximum atomic E-state index is 13.6. The molecule has 0 fully saturated rings. The van der Waals surface area contributed by atoms with Crippen molar-refractivity contribution in [2.75, 3.05) is 21.3 Å². The van der Waals surface area contributed by atoms with Crippen molar-refractivity contribution in [1.29, 1.82) is 0 Å². The van der Waals surface area contributed by atoms with E-state index in [1.165, 1.54) is 44.4 Å². The number of benzene rings is 4. The average Bonchev–Trinajstić information content (AvgIpc) is 3.01. The number of ether oxygens (including phenoxy) is 4. The highest BCUT2D eigenvalue weighted by atomic mass is 79.9. The van der Waals surface area contributed by atoms with E-state index >= 15 is 0 Å². The van der Waals surface area contributed by atoms with Crippen LogP contribution in [-0.2, 0) is 0 Å². The van der Waals surface area contributed by atoms with E-state index in [4.69, 9.17) is 23.9 Å². The molecule has 0 unspecified atom stereocenters. The third-order valence-corrected chi connectivity index (χ3v) is 7.56. The molecule has 0 N–H and O–H groups in total. The Hall–Kier alpha value is -4.48. The van der Waals surface area contributed by atoms with Crippen molar-refractivity contribution in [2.24, 2.45) is 5.10 Å². The Morgan fingerprint density at radius 3 is 2.21 bits per heavy atom. The Labute approximate surface area is 264 Å². The number of esters is 1. The van der Waals surface area contributed by atoms with Gasteiger partial charge in [-0.2, -0.15) is 9.78 Å². The van der Waals surface area contributed by atoms with Gasteiger partial charge in [0.25, 0.3) is 5.56 Å². The van der Waals surface area contributed by atoms with Gasteiger partial charge in [0.15, 0.2) is 23.1 Å². The van der Waals surface area contributed by atoms with Gasteiger partial charge in [0.05, 0.1) is 48.5 Å². The quantitative estimate of drug-likeness (QED) is 0.0971. The third kappa shape index (κ3) is 6.18. The molecule has 43 heavy (non-hydrogen) atoms. The van der Waals surface area contributed by atoms with Crippen LogP contribution in [0.25, 0.3) is 22.3 Å². The van der Waals surface area contributed by atoms with Crippen LogP contribution in [-0.4, -0.2) is 43.2 Å². The second-order valence-electron chi connectivity index (χ2n) is 9.29. The first-order valence-corrected chi connectivity index (χ1v) is 14.5. The first kappa shape index (κ1) is 30.0. The Balaban J connectivity index is 1.60. The van der Waals surface area contributed by atoms with Gasteiger partial charge in [-0.3, -0.25) is 4.79 Å². The van der Waals surface area contributed by atoms with Crippen LogP contribution in [0.2, 0.25) is 0 Å². The van der Waals surface area contributed by atoms with E-state index < -0.39 is 5.97 Å². The molecule has 4 aromatic carbocycles. The molecule has 0 aliphatic heterocycles. The van der Waals surface area contributed by atoms with Gasteiger partial charge in [-0.05, 0) is 59.3 Å². The number of fused-ring (bicyclic) bond motifs is 1. The topological polar surface area (TPSA) is 101 Å². The predicted molar refractivity (Wildman–Crippen MR) is 172 cm³/mol. The number of hydrogen-bond donors (Lipinski definition) is 0. The van der Waals surface area contributed by atoms with Gasteiger partial charge in [-0.25, -0.2) is 9.78 Å². The van der Waals surface area contributed by atoms with Crippen LogP contribution in [0, 0.1) is 6.92 Å². The molecular weight excluding hydrogens is 682 g/mol. The van der Waals surface area contributed by atoms with Crippen LogP contribution >= 0.6 is 31.9 Å². The molecule has 0 saturated heterocycles. The highest BCUT2D eigenvalue weighted by Gasteiger charge is 2.21. The zero-order valence-electron chi connectivity index (χ0n) is 23.6. The van der Waals surface area contributed by atoms with Crippen LogP contribution in [0.3, 0.4) is 0 Å². The average molecular weight is 707 g/mol. The Morgan fingerprint density at radius 2 is 1.56 bits per heavy atom. The molecule has 5 aromatic rings. The number of nitrogens with zero attached hydrogens (tertiary/aromatic N) is 3. The van der Waals surface area contributed by atoms with Crippen molar-refractivity contribution in [3.05, 3.63) is 109 Å². The number of hydrogen-bond acceptors (Lipinski definition) is 8. The molecule has 0 aliphatic carbocycles. The zero-order chi connectivity index (χ0) is 30.7. The maximum absolute atomic E-state index is 13.6. The number of aryl methyl sites for hydroxylation is 1. The van der Waals surface area contributed by atoms with E-state index in [2.05, 4.69) is 37.0 Å². The number of rotatable bonds is 8. The molecule has 5 rings (SSSR count). The number of halogens is 2. The largest absolute Gasteiger partial charge is 0.493 e. The highest BCUT2D eigenvalue weighted by molar-refractivity contribution is 9.11. The SMILES string of the molecule is COc1cc(C(=O)Oc2c(Br)cc(Br)cc2C=Nn2c(-c3ccc(C)cc3)nc3ccccc3c2=O)cc(OC)c1OC. The van der Waals surface area contributed by atoms with Gasteiger partial charge in [0, 0.05) is 15.6 Å². The minimum Gasteiger partial charge on any atom is -0.493 e. The van der Waals surface area contributed by atoms with E-state index in [0.29, 0.717) is 48.5 Å². The van der Waals surface area contributed by atoms with Gasteiger partial charge >= 0.3 is 5.97 Å². The molecule has 0 amide bonds. The minimum absolute atomic E-state index is 0.170. The zero-order valence-corrected chi connectivity index (χ0v) is 26.7. The van der Waals surface area contributed by atoms with Crippen LogP contribution in [0.4, 0.5) is 0 Å². The summed E-state index contributed by atoms with van der Waals surface area (Å²) in [6, 6.07) is 21.2. The molecule has 0 saturated carbocycles. The van der Waals surface area contributed by atoms with E-state index in [9.17, 15) is 9.59 Å². The molecule has 0 aliphatic rings. The van der Waals surface area contributed by atoms with Crippen molar-refractivity contribution in [3.8, 4) is 34.4 Å².